The van der Waals surface area contributed by atoms with E-state index in [4.69, 9.17) is 16.7 Å². The van der Waals surface area contributed by atoms with Crippen LogP contribution in [0.1, 0.15) is 11.4 Å². The number of aromatic nitrogens is 3. The van der Waals surface area contributed by atoms with Crippen LogP contribution in [0.3, 0.4) is 0 Å². The van der Waals surface area contributed by atoms with Crippen molar-refractivity contribution in [1.29, 1.82) is 0 Å². The number of hydrogen-bond donors (Lipinski definition) is 1. The van der Waals surface area contributed by atoms with Crippen molar-refractivity contribution < 1.29 is 9.90 Å². The van der Waals surface area contributed by atoms with Gasteiger partial charge in [0, 0.05) is 15.8 Å². The Bertz CT molecular complexity index is 1100. The maximum absolute atomic E-state index is 11.1. The molecule has 1 N–H and O–H groups in total. The minimum Gasteiger partial charge on any atom is -0.481 e. The van der Waals surface area contributed by atoms with E-state index in [0.29, 0.717) is 17.3 Å². The lowest BCUT2D eigenvalue weighted by Crippen LogP contribution is -2.06. The topological polar surface area (TPSA) is 68.0 Å². The molecule has 0 saturated carbocycles. The van der Waals surface area contributed by atoms with Crippen LogP contribution in [0.15, 0.2) is 54.6 Å². The molecule has 0 unspecified atom stereocenters. The largest absolute Gasteiger partial charge is 0.481 e. The fraction of sp³-hybridized carbons (Fsp3) is 0.105. The zero-order chi connectivity index (χ0) is 17.4. The second kappa shape index (κ2) is 6.18. The van der Waals surface area contributed by atoms with E-state index in [1.54, 1.807) is 16.8 Å². The third-order valence-electron chi connectivity index (χ3n) is 4.08. The molecule has 2 heterocycles. The molecule has 0 aliphatic rings. The quantitative estimate of drug-likeness (QED) is 0.605. The van der Waals surface area contributed by atoms with Crippen molar-refractivity contribution in [3.05, 3.63) is 71.0 Å². The summed E-state index contributed by atoms with van der Waals surface area (Å²) in [5, 5.41) is 16.0. The van der Waals surface area contributed by atoms with E-state index in [0.717, 1.165) is 27.5 Å². The average Bonchev–Trinajstić information content (AvgIpc) is 2.91. The van der Waals surface area contributed by atoms with Crippen LogP contribution in [0.25, 0.3) is 21.8 Å². The first kappa shape index (κ1) is 15.6. The predicted molar refractivity (Wildman–Crippen MR) is 96.9 cm³/mol. The minimum atomic E-state index is -0.921. The highest BCUT2D eigenvalue weighted by Crippen LogP contribution is 2.24. The van der Waals surface area contributed by atoms with Gasteiger partial charge in [0.25, 0.3) is 0 Å². The fourth-order valence-electron chi connectivity index (χ4n) is 2.96. The molecule has 0 radical (unpaired) electrons. The fourth-order valence-corrected chi connectivity index (χ4v) is 3.13. The normalized spacial score (nSPS) is 11.2. The summed E-state index contributed by atoms with van der Waals surface area (Å²) in [6.07, 6.45) is -0.144. The van der Waals surface area contributed by atoms with Crippen molar-refractivity contribution in [1.82, 2.24) is 14.8 Å². The van der Waals surface area contributed by atoms with E-state index in [2.05, 4.69) is 10.1 Å². The summed E-state index contributed by atoms with van der Waals surface area (Å²) in [5.74, 6) is -0.921. The Labute approximate surface area is 148 Å². The van der Waals surface area contributed by atoms with E-state index in [1.165, 1.54) is 0 Å². The summed E-state index contributed by atoms with van der Waals surface area (Å²) in [6, 6.07) is 17.3. The number of carboxylic acids is 1. The second-order valence-electron chi connectivity index (χ2n) is 5.83. The molecule has 5 nitrogen and oxygen atoms in total. The van der Waals surface area contributed by atoms with Crippen molar-refractivity contribution >= 4 is 39.4 Å². The first-order chi connectivity index (χ1) is 12.1. The lowest BCUT2D eigenvalue weighted by Gasteiger charge is -2.05. The number of para-hydroxylation sites is 1. The molecule has 0 fully saturated rings. The zero-order valence-electron chi connectivity index (χ0n) is 13.2. The van der Waals surface area contributed by atoms with Gasteiger partial charge >= 0.3 is 5.97 Å². The molecule has 0 spiro atoms. The van der Waals surface area contributed by atoms with Crippen LogP contribution in [0, 0.1) is 0 Å². The van der Waals surface area contributed by atoms with E-state index in [-0.39, 0.29) is 6.42 Å². The molecular formula is C19H14ClN3O2. The third kappa shape index (κ3) is 3.06. The van der Waals surface area contributed by atoms with Crippen LogP contribution in [-0.4, -0.2) is 25.8 Å². The minimum absolute atomic E-state index is 0.144. The number of benzene rings is 2. The Morgan fingerprint density at radius 1 is 1.12 bits per heavy atom. The summed E-state index contributed by atoms with van der Waals surface area (Å²) < 4.78 is 1.78. The van der Waals surface area contributed by atoms with Gasteiger partial charge in [0.1, 0.15) is 0 Å². The Balaban J connectivity index is 1.78. The number of fused-ring (bicyclic) bond motifs is 2. The molecule has 0 bridgehead atoms. The Hall–Kier alpha value is -2.92. The first-order valence-corrected chi connectivity index (χ1v) is 8.19. The van der Waals surface area contributed by atoms with Gasteiger partial charge in [-0.2, -0.15) is 5.10 Å². The van der Waals surface area contributed by atoms with Crippen molar-refractivity contribution in [3.8, 4) is 0 Å². The molecule has 2 aromatic carbocycles. The lowest BCUT2D eigenvalue weighted by molar-refractivity contribution is -0.136. The summed E-state index contributed by atoms with van der Waals surface area (Å²) in [7, 11) is 0. The molecule has 0 aliphatic heterocycles. The van der Waals surface area contributed by atoms with Crippen molar-refractivity contribution in [3.63, 3.8) is 0 Å². The maximum atomic E-state index is 11.1. The van der Waals surface area contributed by atoms with E-state index in [9.17, 15) is 4.79 Å². The number of nitrogens with zero attached hydrogens (tertiary/aromatic N) is 3. The van der Waals surface area contributed by atoms with Crippen LogP contribution >= 0.6 is 11.6 Å². The highest BCUT2D eigenvalue weighted by atomic mass is 35.5. The summed E-state index contributed by atoms with van der Waals surface area (Å²) >= 11 is 6.07. The first-order valence-electron chi connectivity index (χ1n) is 7.81. The molecule has 124 valence electrons. The maximum Gasteiger partial charge on any atom is 0.309 e. The SMILES string of the molecule is O=C(O)Cc1nn(Cc2ccc3ccccc3n2)c2ccc(Cl)cc12. The molecular weight excluding hydrogens is 338 g/mol. The Morgan fingerprint density at radius 3 is 2.80 bits per heavy atom. The predicted octanol–water partition coefficient (Wildman–Crippen LogP) is 3.91. The number of aliphatic carboxylic acids is 1. The summed E-state index contributed by atoms with van der Waals surface area (Å²) in [5.41, 5.74) is 3.13. The van der Waals surface area contributed by atoms with Gasteiger partial charge in [0.15, 0.2) is 0 Å². The van der Waals surface area contributed by atoms with Crippen LogP contribution < -0.4 is 0 Å². The van der Waals surface area contributed by atoms with Crippen LogP contribution in [-0.2, 0) is 17.8 Å². The number of pyridine rings is 1. The van der Waals surface area contributed by atoms with Crippen molar-refractivity contribution in [2.24, 2.45) is 0 Å². The zero-order valence-corrected chi connectivity index (χ0v) is 13.9. The average molecular weight is 352 g/mol. The van der Waals surface area contributed by atoms with E-state index in [1.807, 2.05) is 42.5 Å². The molecule has 4 aromatic rings. The van der Waals surface area contributed by atoms with Gasteiger partial charge in [-0.25, -0.2) is 0 Å². The number of carboxylic acid groups (broad SMARTS) is 1. The van der Waals surface area contributed by atoms with E-state index < -0.39 is 5.97 Å². The van der Waals surface area contributed by atoms with Crippen LogP contribution in [0.2, 0.25) is 5.02 Å². The molecule has 0 amide bonds. The number of rotatable bonds is 4. The van der Waals surface area contributed by atoms with Gasteiger partial charge in [0.05, 0.1) is 35.4 Å². The third-order valence-corrected chi connectivity index (χ3v) is 4.31. The Kier molecular flexibility index (Phi) is 3.86. The van der Waals surface area contributed by atoms with Crippen LogP contribution in [0.4, 0.5) is 0 Å². The van der Waals surface area contributed by atoms with Crippen molar-refractivity contribution in [2.75, 3.05) is 0 Å². The summed E-state index contributed by atoms with van der Waals surface area (Å²) in [4.78, 5) is 15.8. The van der Waals surface area contributed by atoms with Crippen molar-refractivity contribution in [2.45, 2.75) is 13.0 Å². The Morgan fingerprint density at radius 2 is 1.96 bits per heavy atom. The standard InChI is InChI=1S/C19H14ClN3O2/c20-13-6-8-18-15(9-13)17(10-19(24)25)22-23(18)11-14-7-5-12-3-1-2-4-16(12)21-14/h1-9H,10-11H2,(H,24,25). The van der Waals surface area contributed by atoms with Gasteiger partial charge in [-0.15, -0.1) is 0 Å². The molecule has 0 saturated heterocycles. The molecule has 6 heteroatoms. The van der Waals surface area contributed by atoms with Gasteiger partial charge in [0.2, 0.25) is 0 Å². The van der Waals surface area contributed by atoms with Gasteiger partial charge < -0.3 is 5.11 Å². The van der Waals surface area contributed by atoms with E-state index >= 15 is 0 Å². The highest BCUT2D eigenvalue weighted by Gasteiger charge is 2.14. The van der Waals surface area contributed by atoms with Gasteiger partial charge in [-0.3, -0.25) is 14.5 Å². The van der Waals surface area contributed by atoms with Crippen LogP contribution in [0.5, 0.6) is 0 Å². The molecule has 0 aliphatic carbocycles. The van der Waals surface area contributed by atoms with Gasteiger partial charge in [-0.05, 0) is 30.3 Å². The smallest absolute Gasteiger partial charge is 0.309 e. The number of halogens is 1. The monoisotopic (exact) mass is 351 g/mol. The molecule has 2 aromatic heterocycles. The number of hydrogen-bond acceptors (Lipinski definition) is 3. The molecule has 25 heavy (non-hydrogen) atoms. The van der Waals surface area contributed by atoms with Gasteiger partial charge in [-0.1, -0.05) is 35.9 Å². The molecule has 4 rings (SSSR count). The lowest BCUT2D eigenvalue weighted by atomic mass is 10.1. The molecule has 0 atom stereocenters. The summed E-state index contributed by atoms with van der Waals surface area (Å²) in [6.45, 7) is 0.461. The highest BCUT2D eigenvalue weighted by molar-refractivity contribution is 6.31. The number of carbonyl (C=O) groups is 1. The second-order valence-corrected chi connectivity index (χ2v) is 6.27.